The average Bonchev–Trinajstić information content (AvgIpc) is 2.78. The van der Waals surface area contributed by atoms with Gasteiger partial charge in [-0.3, -0.25) is 4.79 Å². The first kappa shape index (κ1) is 19.0. The summed E-state index contributed by atoms with van der Waals surface area (Å²) in [6.07, 6.45) is 1.14. The van der Waals surface area contributed by atoms with E-state index in [4.69, 9.17) is 27.9 Å². The van der Waals surface area contributed by atoms with Gasteiger partial charge in [-0.2, -0.15) is 0 Å². The van der Waals surface area contributed by atoms with Crippen LogP contribution in [-0.2, 0) is 19.4 Å². The van der Waals surface area contributed by atoms with Crippen LogP contribution < -0.4 is 0 Å². The van der Waals surface area contributed by atoms with Gasteiger partial charge >= 0.3 is 0 Å². The Hall–Kier alpha value is -1.82. The second-order valence-electron chi connectivity index (χ2n) is 6.57. The van der Waals surface area contributed by atoms with Crippen LogP contribution in [0.1, 0.15) is 25.0 Å². The molecule has 4 nitrogen and oxygen atoms in total. The molecule has 0 saturated heterocycles. The van der Waals surface area contributed by atoms with Crippen molar-refractivity contribution in [3.05, 3.63) is 63.6 Å². The van der Waals surface area contributed by atoms with Crippen LogP contribution in [-0.4, -0.2) is 26.1 Å². The van der Waals surface area contributed by atoms with E-state index in [1.165, 1.54) is 12.1 Å². The Morgan fingerprint density at radius 3 is 2.15 bits per heavy atom. The molecule has 0 atom stereocenters. The summed E-state index contributed by atoms with van der Waals surface area (Å²) in [6, 6.07) is 11.1. The van der Waals surface area contributed by atoms with Gasteiger partial charge in [-0.1, -0.05) is 29.3 Å². The van der Waals surface area contributed by atoms with Crippen LogP contribution >= 0.6 is 23.2 Å². The van der Waals surface area contributed by atoms with Crippen LogP contribution in [0.5, 0.6) is 0 Å². The number of ether oxygens (including phenoxy) is 1. The molecule has 0 aromatic heterocycles. The molecule has 1 aliphatic rings. The minimum atomic E-state index is -3.31. The SMILES string of the molecule is CC1(C)OC(c2ccc(S(C)(=O)=O)cc2)=C(c2ccc(Cl)cc2Cl)C1=O. The summed E-state index contributed by atoms with van der Waals surface area (Å²) in [6.45, 7) is 3.36. The number of ketones is 1. The van der Waals surface area contributed by atoms with Crippen LogP contribution in [0.25, 0.3) is 11.3 Å². The van der Waals surface area contributed by atoms with E-state index in [2.05, 4.69) is 0 Å². The number of hydrogen-bond donors (Lipinski definition) is 0. The van der Waals surface area contributed by atoms with Gasteiger partial charge in [0.25, 0.3) is 0 Å². The van der Waals surface area contributed by atoms with Crippen molar-refractivity contribution in [3.63, 3.8) is 0 Å². The highest BCUT2D eigenvalue weighted by Gasteiger charge is 2.43. The summed E-state index contributed by atoms with van der Waals surface area (Å²) in [5.41, 5.74) is 0.415. The Balaban J connectivity index is 2.20. The summed E-state index contributed by atoms with van der Waals surface area (Å²) in [4.78, 5) is 13.1. The number of halogens is 2. The molecular formula is C19H16Cl2O4S. The van der Waals surface area contributed by atoms with Crippen molar-refractivity contribution in [2.75, 3.05) is 6.26 Å². The number of rotatable bonds is 3. The highest BCUT2D eigenvalue weighted by atomic mass is 35.5. The fourth-order valence-corrected chi connectivity index (χ4v) is 3.88. The van der Waals surface area contributed by atoms with E-state index in [-0.39, 0.29) is 10.7 Å². The van der Waals surface area contributed by atoms with Gasteiger partial charge in [-0.05, 0) is 50.2 Å². The standard InChI is InChI=1S/C19H16Cl2O4S/c1-19(2)18(22)16(14-9-6-12(20)10-15(14)21)17(25-19)11-4-7-13(8-5-11)26(3,23)24/h4-10H,1-3H3. The number of benzene rings is 2. The highest BCUT2D eigenvalue weighted by Crippen LogP contribution is 2.43. The zero-order valence-corrected chi connectivity index (χ0v) is 16.7. The fourth-order valence-electron chi connectivity index (χ4n) is 2.75. The van der Waals surface area contributed by atoms with Gasteiger partial charge in [0.05, 0.1) is 15.5 Å². The second kappa shape index (κ2) is 6.41. The molecule has 136 valence electrons. The molecule has 0 spiro atoms. The molecule has 0 aliphatic carbocycles. The van der Waals surface area contributed by atoms with Crippen molar-refractivity contribution in [1.82, 2.24) is 0 Å². The van der Waals surface area contributed by atoms with Gasteiger partial charge in [-0.25, -0.2) is 8.42 Å². The molecule has 2 aromatic rings. The molecular weight excluding hydrogens is 395 g/mol. The lowest BCUT2D eigenvalue weighted by atomic mass is 9.92. The van der Waals surface area contributed by atoms with Gasteiger partial charge in [0.1, 0.15) is 5.76 Å². The molecule has 1 aliphatic heterocycles. The molecule has 7 heteroatoms. The van der Waals surface area contributed by atoms with Crippen molar-refractivity contribution in [1.29, 1.82) is 0 Å². The first-order valence-electron chi connectivity index (χ1n) is 7.75. The summed E-state index contributed by atoms with van der Waals surface area (Å²) in [7, 11) is -3.31. The maximum Gasteiger partial charge on any atom is 0.210 e. The minimum Gasteiger partial charge on any atom is -0.478 e. The van der Waals surface area contributed by atoms with Crippen LogP contribution in [0.15, 0.2) is 47.4 Å². The summed E-state index contributed by atoms with van der Waals surface area (Å²) in [5, 5.41) is 0.802. The van der Waals surface area contributed by atoms with E-state index in [1.807, 2.05) is 0 Å². The molecule has 3 rings (SSSR count). The van der Waals surface area contributed by atoms with Crippen molar-refractivity contribution >= 4 is 50.2 Å². The molecule has 1 heterocycles. The van der Waals surface area contributed by atoms with E-state index in [9.17, 15) is 13.2 Å². The van der Waals surface area contributed by atoms with Crippen LogP contribution in [0.4, 0.5) is 0 Å². The van der Waals surface area contributed by atoms with E-state index >= 15 is 0 Å². The highest BCUT2D eigenvalue weighted by molar-refractivity contribution is 7.90. The topological polar surface area (TPSA) is 60.4 Å². The maximum absolute atomic E-state index is 12.9. The number of hydrogen-bond acceptors (Lipinski definition) is 4. The second-order valence-corrected chi connectivity index (χ2v) is 9.43. The van der Waals surface area contributed by atoms with E-state index in [1.54, 1.807) is 44.2 Å². The molecule has 0 N–H and O–H groups in total. The van der Waals surface area contributed by atoms with Gasteiger partial charge in [-0.15, -0.1) is 0 Å². The van der Waals surface area contributed by atoms with Crippen LogP contribution in [0, 0.1) is 0 Å². The van der Waals surface area contributed by atoms with Crippen molar-refractivity contribution in [3.8, 4) is 0 Å². The van der Waals surface area contributed by atoms with Crippen molar-refractivity contribution < 1.29 is 17.9 Å². The monoisotopic (exact) mass is 410 g/mol. The number of sulfone groups is 1. The number of carbonyl (C=O) groups excluding carboxylic acids is 1. The first-order chi connectivity index (χ1) is 12.0. The summed E-state index contributed by atoms with van der Waals surface area (Å²) >= 11 is 12.3. The quantitative estimate of drug-likeness (QED) is 0.738. The molecule has 2 aromatic carbocycles. The van der Waals surface area contributed by atoms with Gasteiger partial charge < -0.3 is 4.74 Å². The summed E-state index contributed by atoms with van der Waals surface area (Å²) in [5.74, 6) is 0.160. The van der Waals surface area contributed by atoms with Gasteiger partial charge in [0.2, 0.25) is 5.78 Å². The lowest BCUT2D eigenvalue weighted by molar-refractivity contribution is -0.125. The van der Waals surface area contributed by atoms with E-state index < -0.39 is 15.4 Å². The third kappa shape index (κ3) is 3.39. The molecule has 26 heavy (non-hydrogen) atoms. The first-order valence-corrected chi connectivity index (χ1v) is 10.4. The molecule has 0 amide bonds. The minimum absolute atomic E-state index is 0.191. The lowest BCUT2D eigenvalue weighted by Crippen LogP contribution is -2.29. The van der Waals surface area contributed by atoms with E-state index in [0.29, 0.717) is 32.5 Å². The third-order valence-corrected chi connectivity index (χ3v) is 5.78. The zero-order valence-electron chi connectivity index (χ0n) is 14.3. The Kier molecular flexibility index (Phi) is 4.67. The molecule has 0 bridgehead atoms. The van der Waals surface area contributed by atoms with Crippen molar-refractivity contribution in [2.24, 2.45) is 0 Å². The number of Topliss-reactive ketones (excluding diaryl/α,β-unsaturated/α-hetero) is 1. The molecule has 0 radical (unpaired) electrons. The smallest absolute Gasteiger partial charge is 0.210 e. The third-order valence-electron chi connectivity index (χ3n) is 4.10. The Morgan fingerprint density at radius 1 is 1.00 bits per heavy atom. The molecule has 0 fully saturated rings. The largest absolute Gasteiger partial charge is 0.478 e. The van der Waals surface area contributed by atoms with Crippen molar-refractivity contribution in [2.45, 2.75) is 24.3 Å². The summed E-state index contributed by atoms with van der Waals surface area (Å²) < 4.78 is 29.2. The van der Waals surface area contributed by atoms with Gasteiger partial charge in [0.15, 0.2) is 15.4 Å². The van der Waals surface area contributed by atoms with E-state index in [0.717, 1.165) is 6.26 Å². The average molecular weight is 411 g/mol. The fraction of sp³-hybridized carbons (Fsp3) is 0.211. The van der Waals surface area contributed by atoms with Crippen LogP contribution in [0.2, 0.25) is 10.0 Å². The maximum atomic E-state index is 12.9. The molecule has 0 unspecified atom stereocenters. The Bertz CT molecular complexity index is 1040. The zero-order chi connectivity index (χ0) is 19.3. The Labute approximate surface area is 162 Å². The molecule has 0 saturated carbocycles. The Morgan fingerprint density at radius 2 is 1.62 bits per heavy atom. The van der Waals surface area contributed by atoms with Gasteiger partial charge in [0, 0.05) is 22.4 Å². The predicted octanol–water partition coefficient (Wildman–Crippen LogP) is 4.64. The van der Waals surface area contributed by atoms with Crippen LogP contribution in [0.3, 0.4) is 0 Å². The normalized spacial score (nSPS) is 16.7. The predicted molar refractivity (Wildman–Crippen MR) is 103 cm³/mol. The number of carbonyl (C=O) groups is 1. The lowest BCUT2D eigenvalue weighted by Gasteiger charge is -2.18.